The summed E-state index contributed by atoms with van der Waals surface area (Å²) in [6.07, 6.45) is 2.86. The van der Waals surface area contributed by atoms with E-state index in [0.29, 0.717) is 42.7 Å². The van der Waals surface area contributed by atoms with E-state index in [-0.39, 0.29) is 57.3 Å². The van der Waals surface area contributed by atoms with Gasteiger partial charge in [0.25, 0.3) is 12.3 Å². The Morgan fingerprint density at radius 1 is 0.948 bits per heavy atom. The Hall–Kier alpha value is -4.50. The van der Waals surface area contributed by atoms with Gasteiger partial charge in [-0.3, -0.25) is 24.3 Å². The fraction of sp³-hybridized carbons (Fsp3) is 0.368. The van der Waals surface area contributed by atoms with Crippen LogP contribution in [0, 0.1) is 0 Å². The minimum absolute atomic E-state index is 0. The number of methoxy groups -OCH3 is 1. The summed E-state index contributed by atoms with van der Waals surface area (Å²) in [5, 5.41) is 9.20. The van der Waals surface area contributed by atoms with Crippen molar-refractivity contribution in [3.05, 3.63) is 82.6 Å². The maximum atomic E-state index is 13.2. The van der Waals surface area contributed by atoms with Gasteiger partial charge in [0.15, 0.2) is 0 Å². The topological polar surface area (TPSA) is 185 Å². The number of halogens is 2. The van der Waals surface area contributed by atoms with Gasteiger partial charge >= 0.3 is 41.5 Å². The molecule has 2 aromatic carbocycles. The summed E-state index contributed by atoms with van der Waals surface area (Å²) in [6.45, 7) is 8.89. The van der Waals surface area contributed by atoms with Crippen molar-refractivity contribution in [2.75, 3.05) is 31.0 Å². The van der Waals surface area contributed by atoms with E-state index in [0.717, 1.165) is 61.9 Å². The molecule has 1 aliphatic rings. The third-order valence-corrected chi connectivity index (χ3v) is 9.01. The third-order valence-electron chi connectivity index (χ3n) is 7.92. The molecule has 2 aromatic heterocycles. The van der Waals surface area contributed by atoms with Crippen molar-refractivity contribution >= 4 is 71.8 Å². The van der Waals surface area contributed by atoms with Gasteiger partial charge in [0, 0.05) is 46.2 Å². The molecule has 4 aromatic rings. The van der Waals surface area contributed by atoms with Crippen LogP contribution in [0.2, 0.25) is 0 Å². The van der Waals surface area contributed by atoms with Gasteiger partial charge in [-0.15, -0.1) is 11.3 Å². The molecule has 3 radical (unpaired) electrons. The van der Waals surface area contributed by atoms with E-state index in [9.17, 15) is 32.8 Å². The first-order chi connectivity index (χ1) is 27.2. The van der Waals surface area contributed by atoms with Crippen LogP contribution in [0.25, 0.3) is 16.7 Å². The number of ether oxygens (including phenoxy) is 2. The number of nitrogens with zero attached hydrogens (tertiary/aromatic N) is 2. The van der Waals surface area contributed by atoms with Crippen LogP contribution in [0.5, 0.6) is 0 Å². The number of hydrogen-bond donors (Lipinski definition) is 3. The maximum Gasteiger partial charge on any atom is 1.00 e. The molecule has 0 aliphatic heterocycles. The molecule has 3 N–H and O–H groups in total. The van der Waals surface area contributed by atoms with Crippen LogP contribution in [0.1, 0.15) is 73.0 Å². The number of imidazole rings is 1. The standard InChI is InChI=1S/C32H35F2N5O4S.C4H6O4.C2H3BO2.Na/c1-3-29(40)36-22-5-4-6-23(18-22)39-26-12-7-20(19-35-21-8-10-24(11-9-21)43-16-15-42-2)17-25(26)37-32(39)38-31(41)28-14-13-27(44-28)30(33)34;1-3(5)7-8-4(2)6;1-2(4)5-3;/h3-7,12-14,17-18,21,24,30,35H,1,8-11,15-16,19H2,2H3,(H,36,40)(H,37,38,41);1-2H3;1H3;/q;;-1;+1. The third kappa shape index (κ3) is 16.8. The average molecular weight is 835 g/mol. The van der Waals surface area contributed by atoms with Crippen molar-refractivity contribution < 1.29 is 86.2 Å². The van der Waals surface area contributed by atoms with Crippen molar-refractivity contribution in [1.29, 1.82) is 0 Å². The van der Waals surface area contributed by atoms with Gasteiger partial charge in [0.2, 0.25) is 17.8 Å². The maximum absolute atomic E-state index is 13.2. The Kier molecular flexibility index (Phi) is 22.1. The van der Waals surface area contributed by atoms with Crippen molar-refractivity contribution in [3.8, 4) is 5.69 Å². The van der Waals surface area contributed by atoms with Crippen molar-refractivity contribution in [3.63, 3.8) is 0 Å². The number of thiophene rings is 1. The summed E-state index contributed by atoms with van der Waals surface area (Å²) in [4.78, 5) is 66.5. The summed E-state index contributed by atoms with van der Waals surface area (Å²) >= 11 is 0.738. The van der Waals surface area contributed by atoms with Crippen LogP contribution in [-0.2, 0) is 49.6 Å². The fourth-order valence-corrected chi connectivity index (χ4v) is 6.12. The Morgan fingerprint density at radius 2 is 1.62 bits per heavy atom. The second-order valence-corrected chi connectivity index (χ2v) is 13.4. The number of benzene rings is 2. The molecule has 2 amide bonds. The quantitative estimate of drug-likeness (QED) is 0.0589. The van der Waals surface area contributed by atoms with E-state index < -0.39 is 30.2 Å². The molecular formula is C38H44BF2N5NaO10S. The number of amides is 2. The van der Waals surface area contributed by atoms with Gasteiger partial charge in [0.05, 0.1) is 45.8 Å². The van der Waals surface area contributed by atoms with E-state index in [1.165, 1.54) is 25.1 Å². The number of carbonyl (C=O) groups is 5. The number of fused-ring (bicyclic) bond motifs is 1. The Labute approximate surface area is 361 Å². The molecule has 0 spiro atoms. The van der Waals surface area contributed by atoms with Crippen molar-refractivity contribution in [1.82, 2.24) is 14.9 Å². The Balaban J connectivity index is 0.000000717. The summed E-state index contributed by atoms with van der Waals surface area (Å²) < 4.78 is 42.6. The van der Waals surface area contributed by atoms with E-state index >= 15 is 0 Å². The molecule has 58 heavy (non-hydrogen) atoms. The molecule has 1 fully saturated rings. The second kappa shape index (κ2) is 25.8. The number of rotatable bonds is 13. The average Bonchev–Trinajstić information content (AvgIpc) is 3.83. The first-order valence-electron chi connectivity index (χ1n) is 17.6. The number of hydrogen-bond acceptors (Lipinski definition) is 13. The SMILES string of the molecule is C=CC(=O)Nc1cccc(-n2c(NC(=O)c3ccc(C(F)F)s3)nc3cc(CNC4CCC(OCCOC)CC4)ccc32)c1.CC(=O)OOC(C)=O.[B-]OC(C)=O.[Na+]. The van der Waals surface area contributed by atoms with E-state index in [2.05, 4.69) is 45.0 Å². The second-order valence-electron chi connectivity index (χ2n) is 12.3. The molecule has 0 saturated heterocycles. The molecule has 0 unspecified atom stereocenters. The minimum atomic E-state index is -2.66. The van der Waals surface area contributed by atoms with E-state index in [1.54, 1.807) is 29.9 Å². The van der Waals surface area contributed by atoms with Gasteiger partial charge in [-0.05, 0) is 79.8 Å². The number of anilines is 2. The minimum Gasteiger partial charge on any atom is -0.793 e. The van der Waals surface area contributed by atoms with Crippen molar-refractivity contribution in [2.45, 2.75) is 71.6 Å². The van der Waals surface area contributed by atoms with Crippen LogP contribution in [0.3, 0.4) is 0 Å². The predicted octanol–water partition coefficient (Wildman–Crippen LogP) is 3.13. The first-order valence-corrected chi connectivity index (χ1v) is 18.4. The number of nitrogens with one attached hydrogen (secondary N) is 3. The zero-order valence-corrected chi connectivity index (χ0v) is 35.7. The van der Waals surface area contributed by atoms with Gasteiger partial charge in [-0.1, -0.05) is 18.7 Å². The van der Waals surface area contributed by atoms with Gasteiger partial charge < -0.3 is 32.8 Å². The summed E-state index contributed by atoms with van der Waals surface area (Å²) in [5.74, 6) is -2.42. The Morgan fingerprint density at radius 3 is 2.19 bits per heavy atom. The molecule has 0 bridgehead atoms. The van der Waals surface area contributed by atoms with Crippen molar-refractivity contribution in [2.24, 2.45) is 0 Å². The molecular weight excluding hydrogens is 790 g/mol. The monoisotopic (exact) mass is 834 g/mol. The summed E-state index contributed by atoms with van der Waals surface area (Å²) in [7, 11) is 5.99. The van der Waals surface area contributed by atoms with Gasteiger partial charge in [-0.25, -0.2) is 33.1 Å². The van der Waals surface area contributed by atoms with Crippen LogP contribution >= 0.6 is 11.3 Å². The number of aromatic nitrogens is 2. The molecule has 305 valence electrons. The van der Waals surface area contributed by atoms with Gasteiger partial charge in [0.1, 0.15) is 0 Å². The zero-order valence-electron chi connectivity index (χ0n) is 32.9. The fourth-order valence-electron chi connectivity index (χ4n) is 5.36. The molecule has 15 nitrogen and oxygen atoms in total. The normalized spacial score (nSPS) is 14.3. The largest absolute Gasteiger partial charge is 1.00 e. The van der Waals surface area contributed by atoms with Crippen LogP contribution < -0.4 is 45.5 Å². The number of alkyl halides is 2. The van der Waals surface area contributed by atoms with Crippen LogP contribution in [0.4, 0.5) is 20.4 Å². The molecule has 1 saturated carbocycles. The summed E-state index contributed by atoms with van der Waals surface area (Å²) in [6, 6.07) is 16.0. The summed E-state index contributed by atoms with van der Waals surface area (Å²) in [5.41, 5.74) is 3.58. The molecule has 20 heteroatoms. The van der Waals surface area contributed by atoms with Gasteiger partial charge in [-0.2, -0.15) is 0 Å². The van der Waals surface area contributed by atoms with E-state index in [4.69, 9.17) is 14.5 Å². The zero-order chi connectivity index (χ0) is 41.9. The molecule has 1 aliphatic carbocycles. The molecule has 2 heterocycles. The van der Waals surface area contributed by atoms with Crippen LogP contribution in [-0.4, -0.2) is 79.8 Å². The van der Waals surface area contributed by atoms with Crippen LogP contribution in [0.15, 0.2) is 67.3 Å². The smallest absolute Gasteiger partial charge is 0.793 e. The molecule has 0 atom stereocenters. The Bertz CT molecular complexity index is 1980. The van der Waals surface area contributed by atoms with E-state index in [1.807, 2.05) is 24.3 Å². The number of carbonyl (C=O) groups excluding carboxylic acids is 5. The first kappa shape index (κ1) is 49.7. The predicted molar refractivity (Wildman–Crippen MR) is 209 cm³/mol. The molecule has 5 rings (SSSR count).